The molecular weight excluding hydrogens is 997 g/mol. The number of hydrogen-bond acceptors (Lipinski definition) is 6. The Labute approximate surface area is 500 Å². The molecule has 1 atom stereocenters. The summed E-state index contributed by atoms with van der Waals surface area (Å²) in [6, 6.07) is 0. The highest BCUT2D eigenvalue weighted by Crippen LogP contribution is 2.17. The van der Waals surface area contributed by atoms with E-state index < -0.39 is 18.0 Å². The van der Waals surface area contributed by atoms with Gasteiger partial charge in [-0.2, -0.15) is 0 Å². The van der Waals surface area contributed by atoms with Gasteiger partial charge in [0.1, 0.15) is 13.2 Å². The van der Waals surface area contributed by atoms with Crippen molar-refractivity contribution in [1.29, 1.82) is 0 Å². The maximum absolute atomic E-state index is 12.8. The van der Waals surface area contributed by atoms with E-state index >= 15 is 0 Å². The summed E-state index contributed by atoms with van der Waals surface area (Å²) in [5, 5.41) is 0. The maximum Gasteiger partial charge on any atom is 0.310 e. The van der Waals surface area contributed by atoms with Crippen molar-refractivity contribution in [1.82, 2.24) is 0 Å². The molecule has 0 bridgehead atoms. The molecule has 0 radical (unpaired) electrons. The summed E-state index contributed by atoms with van der Waals surface area (Å²) in [4.78, 5) is 38.1. The second-order valence-electron chi connectivity index (χ2n) is 22.0. The molecule has 6 heteroatoms. The van der Waals surface area contributed by atoms with Gasteiger partial charge in [-0.15, -0.1) is 0 Å². The number of carbonyl (C=O) groups excluding carboxylic acids is 3. The number of allylic oxidation sites excluding steroid dienone is 20. The Morgan fingerprint density at radius 2 is 0.531 bits per heavy atom. The minimum Gasteiger partial charge on any atom is -0.462 e. The molecule has 460 valence electrons. The van der Waals surface area contributed by atoms with Crippen molar-refractivity contribution in [2.24, 2.45) is 0 Å². The van der Waals surface area contributed by atoms with Crippen LogP contribution in [0.4, 0.5) is 0 Å². The van der Waals surface area contributed by atoms with Crippen LogP contribution in [0, 0.1) is 0 Å². The second kappa shape index (κ2) is 68.1. The lowest BCUT2D eigenvalue weighted by molar-refractivity contribution is -0.166. The van der Waals surface area contributed by atoms with Gasteiger partial charge in [0.2, 0.25) is 0 Å². The first-order valence-corrected chi connectivity index (χ1v) is 33.7. The Bertz CT molecular complexity index is 1720. The number of ether oxygens (including phenoxy) is 3. The van der Waals surface area contributed by atoms with Crippen molar-refractivity contribution in [2.45, 2.75) is 309 Å². The number of rotatable bonds is 60. The minimum atomic E-state index is -0.877. The van der Waals surface area contributed by atoms with Gasteiger partial charge in [-0.1, -0.05) is 321 Å². The molecule has 1 unspecified atom stereocenters. The predicted molar refractivity (Wildman–Crippen MR) is 353 cm³/mol. The van der Waals surface area contributed by atoms with E-state index in [2.05, 4.69) is 130 Å². The van der Waals surface area contributed by atoms with Gasteiger partial charge in [0.05, 0.1) is 12.8 Å². The first-order valence-electron chi connectivity index (χ1n) is 33.7. The molecule has 0 aromatic rings. The first kappa shape index (κ1) is 76.5. The fourth-order valence-corrected chi connectivity index (χ4v) is 9.24. The van der Waals surface area contributed by atoms with Crippen molar-refractivity contribution in [3.63, 3.8) is 0 Å². The lowest BCUT2D eigenvalue weighted by Crippen LogP contribution is -2.30. The smallest absolute Gasteiger partial charge is 0.310 e. The van der Waals surface area contributed by atoms with Gasteiger partial charge in [0, 0.05) is 6.42 Å². The predicted octanol–water partition coefficient (Wildman–Crippen LogP) is 23.3. The molecular formula is C75H124O6. The van der Waals surface area contributed by atoms with E-state index in [9.17, 15) is 14.4 Å². The molecule has 0 aliphatic carbocycles. The van der Waals surface area contributed by atoms with Gasteiger partial charge >= 0.3 is 17.9 Å². The van der Waals surface area contributed by atoms with Crippen molar-refractivity contribution in [3.05, 3.63) is 134 Å². The molecule has 81 heavy (non-hydrogen) atoms. The van der Waals surface area contributed by atoms with Crippen LogP contribution in [0.3, 0.4) is 0 Å². The van der Waals surface area contributed by atoms with E-state index in [1.54, 1.807) is 12.2 Å². The molecule has 0 rings (SSSR count). The highest BCUT2D eigenvalue weighted by atomic mass is 16.6. The quantitative estimate of drug-likeness (QED) is 0.0261. The van der Waals surface area contributed by atoms with Gasteiger partial charge in [0.25, 0.3) is 0 Å². The van der Waals surface area contributed by atoms with E-state index in [1.165, 1.54) is 180 Å². The lowest BCUT2D eigenvalue weighted by atomic mass is 10.0. The van der Waals surface area contributed by atoms with Crippen molar-refractivity contribution < 1.29 is 28.6 Å². The fraction of sp³-hybridized carbons (Fsp3) is 0.667. The van der Waals surface area contributed by atoms with E-state index in [0.29, 0.717) is 12.8 Å². The number of unbranched alkanes of at least 4 members (excludes halogenated alkanes) is 29. The molecule has 6 nitrogen and oxygen atoms in total. The monoisotopic (exact) mass is 1120 g/mol. The zero-order chi connectivity index (χ0) is 58.5. The molecule has 0 aromatic carbocycles. The van der Waals surface area contributed by atoms with Gasteiger partial charge in [-0.3, -0.25) is 14.4 Å². The minimum absolute atomic E-state index is 0.0741. The number of hydrogen-bond donors (Lipinski definition) is 0. The van der Waals surface area contributed by atoms with Crippen LogP contribution in [-0.2, 0) is 28.6 Å². The summed E-state index contributed by atoms with van der Waals surface area (Å²) in [5.41, 5.74) is 0. The Kier molecular flexibility index (Phi) is 64.3. The third-order valence-electron chi connectivity index (χ3n) is 14.2. The molecule has 0 heterocycles. The summed E-state index contributed by atoms with van der Waals surface area (Å²) >= 11 is 0. The fourth-order valence-electron chi connectivity index (χ4n) is 9.24. The average molecular weight is 1120 g/mol. The Balaban J connectivity index is 4.27. The van der Waals surface area contributed by atoms with Crippen LogP contribution in [-0.4, -0.2) is 37.2 Å². The number of carbonyl (C=O) groups is 3. The van der Waals surface area contributed by atoms with Crippen molar-refractivity contribution in [3.8, 4) is 0 Å². The van der Waals surface area contributed by atoms with Crippen LogP contribution < -0.4 is 0 Å². The molecule has 0 saturated heterocycles. The summed E-state index contributed by atoms with van der Waals surface area (Å²) in [7, 11) is 0. The second-order valence-corrected chi connectivity index (χ2v) is 22.0. The van der Waals surface area contributed by atoms with E-state index in [-0.39, 0.29) is 32.0 Å². The van der Waals surface area contributed by atoms with E-state index in [4.69, 9.17) is 14.2 Å². The summed E-state index contributed by atoms with van der Waals surface area (Å²) in [6.07, 6.45) is 97.0. The van der Waals surface area contributed by atoms with Crippen LogP contribution in [0.25, 0.3) is 0 Å². The van der Waals surface area contributed by atoms with Crippen LogP contribution in [0.5, 0.6) is 0 Å². The summed E-state index contributed by atoms with van der Waals surface area (Å²) < 4.78 is 16.7. The van der Waals surface area contributed by atoms with Crippen LogP contribution in [0.15, 0.2) is 134 Å². The topological polar surface area (TPSA) is 78.9 Å². The molecule has 0 amide bonds. The number of esters is 3. The molecule has 0 aliphatic heterocycles. The highest BCUT2D eigenvalue weighted by Gasteiger charge is 2.19. The van der Waals surface area contributed by atoms with Crippen LogP contribution >= 0.6 is 0 Å². The highest BCUT2D eigenvalue weighted by molar-refractivity contribution is 5.72. The molecule has 0 spiro atoms. The average Bonchev–Trinajstić information content (AvgIpc) is 3.47. The van der Waals surface area contributed by atoms with Gasteiger partial charge < -0.3 is 14.2 Å². The summed E-state index contributed by atoms with van der Waals surface area (Å²) in [5.74, 6) is -1.21. The van der Waals surface area contributed by atoms with Crippen LogP contribution in [0.1, 0.15) is 303 Å². The summed E-state index contributed by atoms with van der Waals surface area (Å²) in [6.45, 7) is 6.25. The third-order valence-corrected chi connectivity index (χ3v) is 14.2. The lowest BCUT2D eigenvalue weighted by Gasteiger charge is -2.17. The van der Waals surface area contributed by atoms with E-state index in [0.717, 1.165) is 77.0 Å². The van der Waals surface area contributed by atoms with Gasteiger partial charge in [-0.25, -0.2) is 0 Å². The first-order chi connectivity index (χ1) is 40.0. The zero-order valence-corrected chi connectivity index (χ0v) is 52.8. The standard InChI is InChI=1S/C75H124O6/c1-4-7-10-13-16-19-22-25-28-29-30-31-32-33-34-35-36-37-38-39-40-41-42-43-44-45-48-50-53-56-59-62-65-68-74(77)80-71-72(81-75(78)69-66-63-60-57-54-51-47-27-24-21-18-15-12-9-6-3)70-79-73(76)67-64-61-58-55-52-49-46-26-23-20-17-14-11-8-5-2/h8-9,11-12,17-18,20-21,26-27,29-30,46-47,52,54-55,57,61,63-64,66,72H,4-7,10,13-16,19,22-25,28,31-45,48-51,53,56,58-60,62,65,67-71H2,1-3H3/b11-8-,12-9-,20-17-,21-18-,30-29-,46-26-,47-27-,55-52-,57-54-,64-61-,66-63-. The Morgan fingerprint density at radius 3 is 0.852 bits per heavy atom. The van der Waals surface area contributed by atoms with Crippen molar-refractivity contribution >= 4 is 17.9 Å². The Morgan fingerprint density at radius 1 is 0.272 bits per heavy atom. The van der Waals surface area contributed by atoms with Crippen LogP contribution in [0.2, 0.25) is 0 Å². The third kappa shape index (κ3) is 66.2. The molecule has 0 aliphatic rings. The maximum atomic E-state index is 12.8. The van der Waals surface area contributed by atoms with Gasteiger partial charge in [-0.05, 0) is 96.3 Å². The molecule has 0 aromatic heterocycles. The normalized spacial score (nSPS) is 13.0. The largest absolute Gasteiger partial charge is 0.462 e. The molecule has 0 saturated carbocycles. The molecule has 0 fully saturated rings. The van der Waals surface area contributed by atoms with E-state index in [1.807, 2.05) is 12.2 Å². The van der Waals surface area contributed by atoms with Crippen molar-refractivity contribution in [2.75, 3.05) is 13.2 Å². The Hall–Kier alpha value is -4.45. The SMILES string of the molecule is CC/C=C\C/C=C\C/C=C\C/C=C\C/C=C\CC(=O)OCC(COC(=O)CCCCCCCCCCCCCCCCCCCCCCC/C=C\CCCCCCCCCC)OC(=O)C/C=C\C/C=C\C/C=C\C/C=C\C/C=C\CC. The molecule has 0 N–H and O–H groups in total. The van der Waals surface area contributed by atoms with Gasteiger partial charge in [0.15, 0.2) is 6.10 Å². The zero-order valence-electron chi connectivity index (χ0n) is 52.8.